The highest BCUT2D eigenvalue weighted by Crippen LogP contribution is 2.23. The molecule has 0 saturated heterocycles. The van der Waals surface area contributed by atoms with E-state index in [1.54, 1.807) is 6.08 Å². The van der Waals surface area contributed by atoms with Crippen LogP contribution in [0.3, 0.4) is 0 Å². The number of aromatic nitrogens is 1. The summed E-state index contributed by atoms with van der Waals surface area (Å²) < 4.78 is 3.05. The van der Waals surface area contributed by atoms with Crippen molar-refractivity contribution in [1.82, 2.24) is 9.47 Å². The number of nitrogens with zero attached hydrogens (tertiary/aromatic N) is 2. The monoisotopic (exact) mass is 510 g/mol. The summed E-state index contributed by atoms with van der Waals surface area (Å²) >= 11 is 3.40. The first-order chi connectivity index (χ1) is 15.7. The first kappa shape index (κ1) is 25.4. The molecule has 0 radical (unpaired) electrons. The van der Waals surface area contributed by atoms with E-state index >= 15 is 0 Å². The van der Waals surface area contributed by atoms with E-state index in [9.17, 15) is 9.90 Å². The first-order valence-electron chi connectivity index (χ1n) is 11.7. The smallest absolute Gasteiger partial charge is 0.185 e. The molecule has 33 heavy (non-hydrogen) atoms. The van der Waals surface area contributed by atoms with Crippen LogP contribution in [0.15, 0.2) is 65.3 Å². The minimum atomic E-state index is -0.473. The number of aliphatic hydroxyl groups excluding tert-OH is 1. The van der Waals surface area contributed by atoms with Gasteiger partial charge in [-0.2, -0.15) is 0 Å². The van der Waals surface area contributed by atoms with Gasteiger partial charge in [-0.05, 0) is 54.3 Å². The summed E-state index contributed by atoms with van der Waals surface area (Å²) in [7, 11) is 0. The topological polar surface area (TPSA) is 45.5 Å². The predicted octanol–water partition coefficient (Wildman–Crippen LogP) is 6.27. The van der Waals surface area contributed by atoms with Crippen molar-refractivity contribution in [1.29, 1.82) is 0 Å². The van der Waals surface area contributed by atoms with Gasteiger partial charge in [-0.1, -0.05) is 61.8 Å². The average molecular weight is 512 g/mol. The highest BCUT2D eigenvalue weighted by Gasteiger charge is 2.16. The van der Waals surface area contributed by atoms with Crippen molar-refractivity contribution in [2.45, 2.75) is 40.3 Å². The molecule has 1 aromatic heterocycles. The number of allylic oxidation sites excluding steroid dienone is 1. The van der Waals surface area contributed by atoms with Gasteiger partial charge in [0, 0.05) is 58.9 Å². The Morgan fingerprint density at radius 1 is 1.00 bits per heavy atom. The van der Waals surface area contributed by atoms with Crippen LogP contribution >= 0.6 is 15.9 Å². The summed E-state index contributed by atoms with van der Waals surface area (Å²) in [5.74, 6) is 1.09. The lowest BCUT2D eigenvalue weighted by Crippen LogP contribution is -2.39. The normalized spacial score (nSPS) is 13.1. The number of aliphatic hydroxyl groups is 1. The summed E-state index contributed by atoms with van der Waals surface area (Å²) in [5.41, 5.74) is 2.69. The zero-order valence-electron chi connectivity index (χ0n) is 20.0. The second-order valence-electron chi connectivity index (χ2n) is 9.62. The van der Waals surface area contributed by atoms with Crippen LogP contribution in [0.1, 0.15) is 43.6 Å². The number of carbonyl (C=O) groups excluding carboxylic acids is 1. The summed E-state index contributed by atoms with van der Waals surface area (Å²) in [6.07, 6.45) is 5.06. The van der Waals surface area contributed by atoms with Gasteiger partial charge in [-0.25, -0.2) is 0 Å². The Bertz CT molecular complexity index is 1070. The average Bonchev–Trinajstić information content (AvgIpc) is 3.09. The van der Waals surface area contributed by atoms with Crippen molar-refractivity contribution in [2.24, 2.45) is 11.8 Å². The van der Waals surface area contributed by atoms with E-state index in [-0.39, 0.29) is 5.78 Å². The maximum atomic E-state index is 12.6. The molecule has 0 amide bonds. The second kappa shape index (κ2) is 11.8. The van der Waals surface area contributed by atoms with Gasteiger partial charge in [0.15, 0.2) is 5.78 Å². The van der Waals surface area contributed by atoms with Gasteiger partial charge in [-0.3, -0.25) is 4.79 Å². The molecule has 0 saturated carbocycles. The molecule has 0 fully saturated rings. The van der Waals surface area contributed by atoms with Crippen molar-refractivity contribution in [3.63, 3.8) is 0 Å². The van der Waals surface area contributed by atoms with E-state index in [2.05, 4.69) is 65.2 Å². The molecule has 1 heterocycles. The van der Waals surface area contributed by atoms with Gasteiger partial charge in [0.2, 0.25) is 0 Å². The lowest BCUT2D eigenvalue weighted by Gasteiger charge is -2.28. The molecule has 0 bridgehead atoms. The molecule has 1 N–H and O–H groups in total. The van der Waals surface area contributed by atoms with Gasteiger partial charge < -0.3 is 14.6 Å². The van der Waals surface area contributed by atoms with Crippen LogP contribution in [-0.4, -0.2) is 46.1 Å². The van der Waals surface area contributed by atoms with Crippen LogP contribution in [0, 0.1) is 11.8 Å². The Morgan fingerprint density at radius 2 is 1.64 bits per heavy atom. The van der Waals surface area contributed by atoms with Crippen molar-refractivity contribution in [3.8, 4) is 0 Å². The lowest BCUT2D eigenvalue weighted by molar-refractivity contribution is 0.0869. The Balaban J connectivity index is 1.77. The van der Waals surface area contributed by atoms with Gasteiger partial charge >= 0.3 is 0 Å². The minimum Gasteiger partial charge on any atom is -0.390 e. The fraction of sp³-hybridized carbons (Fsp3) is 0.393. The Hall–Kier alpha value is -2.21. The Kier molecular flexibility index (Phi) is 9.07. The number of ketones is 1. The third kappa shape index (κ3) is 7.39. The van der Waals surface area contributed by atoms with E-state index in [1.807, 2.05) is 48.7 Å². The van der Waals surface area contributed by atoms with Crippen LogP contribution < -0.4 is 0 Å². The molecule has 0 aliphatic carbocycles. The molecule has 1 atom stereocenters. The van der Waals surface area contributed by atoms with Gasteiger partial charge in [0.1, 0.15) is 0 Å². The van der Waals surface area contributed by atoms with Gasteiger partial charge in [0.25, 0.3) is 0 Å². The van der Waals surface area contributed by atoms with E-state index in [4.69, 9.17) is 0 Å². The maximum Gasteiger partial charge on any atom is 0.185 e. The van der Waals surface area contributed by atoms with E-state index in [1.165, 1.54) is 0 Å². The predicted molar refractivity (Wildman–Crippen MR) is 142 cm³/mol. The molecule has 0 aliphatic rings. The zero-order chi connectivity index (χ0) is 24.0. The molecule has 176 valence electrons. The van der Waals surface area contributed by atoms with Crippen LogP contribution in [0.4, 0.5) is 0 Å². The molecule has 4 nitrogen and oxygen atoms in total. The highest BCUT2D eigenvalue weighted by molar-refractivity contribution is 9.10. The van der Waals surface area contributed by atoms with E-state index < -0.39 is 6.10 Å². The Labute approximate surface area is 206 Å². The third-order valence-electron chi connectivity index (χ3n) is 5.49. The molecule has 5 heteroatoms. The largest absolute Gasteiger partial charge is 0.390 e. The van der Waals surface area contributed by atoms with Gasteiger partial charge in [0.05, 0.1) is 6.10 Å². The lowest BCUT2D eigenvalue weighted by atomic mass is 10.1. The maximum absolute atomic E-state index is 12.6. The molecule has 1 unspecified atom stereocenters. The van der Waals surface area contributed by atoms with Crippen molar-refractivity contribution < 1.29 is 9.90 Å². The number of para-hydroxylation sites is 1. The molecule has 3 aromatic rings. The SMILES string of the molecule is CC(C)CN(CC(C)C)CC(O)Cn1cc(/C=C/C(=O)c2ccc(Br)cc2)c2ccccc21. The summed E-state index contributed by atoms with van der Waals surface area (Å²) in [5, 5.41) is 12.0. The fourth-order valence-electron chi connectivity index (χ4n) is 4.27. The number of carbonyl (C=O) groups is 1. The van der Waals surface area contributed by atoms with Crippen LogP contribution in [0.5, 0.6) is 0 Å². The summed E-state index contributed by atoms with van der Waals surface area (Å²) in [6.45, 7) is 12.0. The third-order valence-corrected chi connectivity index (χ3v) is 6.01. The fourth-order valence-corrected chi connectivity index (χ4v) is 4.54. The van der Waals surface area contributed by atoms with E-state index in [0.29, 0.717) is 30.5 Å². The number of benzene rings is 2. The van der Waals surface area contributed by atoms with Crippen LogP contribution in [-0.2, 0) is 6.54 Å². The second-order valence-corrected chi connectivity index (χ2v) is 10.5. The molecule has 0 aliphatic heterocycles. The quantitative estimate of drug-likeness (QED) is 0.244. The minimum absolute atomic E-state index is 0.0302. The highest BCUT2D eigenvalue weighted by atomic mass is 79.9. The van der Waals surface area contributed by atoms with Crippen molar-refractivity contribution in [3.05, 3.63) is 76.4 Å². The first-order valence-corrected chi connectivity index (χ1v) is 12.5. The standard InChI is InChI=1S/C28H35BrN2O2/c1-20(2)15-30(16-21(3)4)18-25(32)19-31-17-23(26-7-5-6-8-27(26)31)11-14-28(33)22-9-12-24(29)13-10-22/h5-14,17,20-21,25,32H,15-16,18-19H2,1-4H3/b14-11+. The zero-order valence-corrected chi connectivity index (χ0v) is 21.6. The molecular weight excluding hydrogens is 476 g/mol. The molecule has 0 spiro atoms. The summed E-state index contributed by atoms with van der Waals surface area (Å²) in [4.78, 5) is 15.0. The van der Waals surface area contributed by atoms with Crippen molar-refractivity contribution >= 4 is 38.7 Å². The Morgan fingerprint density at radius 3 is 2.27 bits per heavy atom. The molecule has 2 aromatic carbocycles. The number of hydrogen-bond donors (Lipinski definition) is 1. The summed E-state index contributed by atoms with van der Waals surface area (Å²) in [6, 6.07) is 15.5. The number of hydrogen-bond acceptors (Lipinski definition) is 3. The number of halogens is 1. The van der Waals surface area contributed by atoms with Gasteiger partial charge in [-0.15, -0.1) is 0 Å². The number of fused-ring (bicyclic) bond motifs is 1. The van der Waals surface area contributed by atoms with E-state index in [0.717, 1.165) is 34.0 Å². The van der Waals surface area contributed by atoms with Crippen LogP contribution in [0.25, 0.3) is 17.0 Å². The van der Waals surface area contributed by atoms with Crippen LogP contribution in [0.2, 0.25) is 0 Å². The molecule has 3 rings (SSSR count). The molecular formula is C28H35BrN2O2. The van der Waals surface area contributed by atoms with Crippen molar-refractivity contribution in [2.75, 3.05) is 19.6 Å². The number of rotatable bonds is 11.